The fourth-order valence-electron chi connectivity index (χ4n) is 2.01. The normalized spacial score (nSPS) is 10.2. The maximum Gasteiger partial charge on any atom is 0.139 e. The summed E-state index contributed by atoms with van der Waals surface area (Å²) in [5, 5.41) is 0. The molecular weight excluding hydrogens is 241 g/mol. The molecule has 0 bridgehead atoms. The van der Waals surface area contributed by atoms with Gasteiger partial charge in [-0.3, -0.25) is 0 Å². The number of nitrogens with zero attached hydrogens (tertiary/aromatic N) is 1. The van der Waals surface area contributed by atoms with Crippen LogP contribution in [0.4, 0.5) is 0 Å². The summed E-state index contributed by atoms with van der Waals surface area (Å²) in [5.74, 6) is 0. The van der Waals surface area contributed by atoms with Crippen LogP contribution in [0.2, 0.25) is 0 Å². The van der Waals surface area contributed by atoms with E-state index in [9.17, 15) is 0 Å². The van der Waals surface area contributed by atoms with E-state index < -0.39 is 0 Å². The number of rotatable bonds is 9. The van der Waals surface area contributed by atoms with E-state index in [2.05, 4.69) is 45.7 Å². The van der Waals surface area contributed by atoms with Crippen molar-refractivity contribution in [2.45, 2.75) is 59.3 Å². The molecule has 0 spiro atoms. The highest BCUT2D eigenvalue weighted by atomic mass is 15.1. The van der Waals surface area contributed by atoms with Crippen molar-refractivity contribution in [2.24, 2.45) is 0 Å². The molecular formula is C18H34BN. The molecule has 1 rings (SSSR count). The van der Waals surface area contributed by atoms with Crippen LogP contribution >= 0.6 is 0 Å². The van der Waals surface area contributed by atoms with Crippen LogP contribution in [0.1, 0.15) is 59.3 Å². The smallest absolute Gasteiger partial charge is 0.139 e. The van der Waals surface area contributed by atoms with Crippen LogP contribution in [0, 0.1) is 0 Å². The van der Waals surface area contributed by atoms with Crippen LogP contribution in [0.25, 0.3) is 0 Å². The minimum Gasteiger partial charge on any atom is -0.303 e. The van der Waals surface area contributed by atoms with E-state index in [0.29, 0.717) is 0 Å². The fraction of sp³-hybridized carbons (Fsp3) is 0.667. The van der Waals surface area contributed by atoms with Gasteiger partial charge in [0, 0.05) is 0 Å². The molecule has 0 aliphatic carbocycles. The average Bonchev–Trinajstić information content (AvgIpc) is 2.48. The highest BCUT2D eigenvalue weighted by Gasteiger charge is 2.01. The summed E-state index contributed by atoms with van der Waals surface area (Å²) in [6, 6.07) is 10.3. The highest BCUT2D eigenvalue weighted by Crippen LogP contribution is 2.01. The van der Waals surface area contributed by atoms with Crippen LogP contribution in [0.15, 0.2) is 30.3 Å². The summed E-state index contributed by atoms with van der Waals surface area (Å²) < 4.78 is 0. The zero-order valence-electron chi connectivity index (χ0n) is 14.2. The first kappa shape index (κ1) is 19.2. The minimum absolute atomic E-state index is 1.32. The standard InChI is InChI=1S/C12H27N.C6H7B/c1-4-7-10-13(11-8-5-2)12-9-6-3;7-6-4-2-1-3-5-6/h4-12H2,1-3H3;1-5H,7H2. The van der Waals surface area contributed by atoms with Crippen LogP contribution in [-0.4, -0.2) is 32.4 Å². The van der Waals surface area contributed by atoms with E-state index >= 15 is 0 Å². The van der Waals surface area contributed by atoms with E-state index in [0.717, 1.165) is 0 Å². The molecule has 0 N–H and O–H groups in total. The molecule has 0 aliphatic rings. The Morgan fingerprint density at radius 1 is 0.750 bits per heavy atom. The van der Waals surface area contributed by atoms with Gasteiger partial charge >= 0.3 is 0 Å². The van der Waals surface area contributed by atoms with Gasteiger partial charge in [0.05, 0.1) is 0 Å². The monoisotopic (exact) mass is 275 g/mol. The van der Waals surface area contributed by atoms with Gasteiger partial charge in [-0.15, -0.1) is 0 Å². The molecule has 0 aromatic heterocycles. The summed E-state index contributed by atoms with van der Waals surface area (Å²) in [6.07, 6.45) is 8.09. The lowest BCUT2D eigenvalue weighted by atomic mass is 9.97. The second kappa shape index (κ2) is 14.6. The first-order chi connectivity index (χ1) is 9.74. The number of benzene rings is 1. The third-order valence-electron chi connectivity index (χ3n) is 3.42. The molecule has 114 valence electrons. The van der Waals surface area contributed by atoms with E-state index in [4.69, 9.17) is 0 Å². The first-order valence-electron chi connectivity index (χ1n) is 8.48. The minimum atomic E-state index is 1.32. The molecule has 0 aliphatic heterocycles. The predicted molar refractivity (Wildman–Crippen MR) is 95.8 cm³/mol. The molecule has 0 heterocycles. The maximum atomic E-state index is 2.64. The van der Waals surface area contributed by atoms with Crippen LogP contribution < -0.4 is 5.46 Å². The molecule has 0 atom stereocenters. The van der Waals surface area contributed by atoms with Crippen LogP contribution in [0.3, 0.4) is 0 Å². The van der Waals surface area contributed by atoms with Gasteiger partial charge in [-0.1, -0.05) is 75.8 Å². The van der Waals surface area contributed by atoms with Gasteiger partial charge in [-0.05, 0) is 38.9 Å². The van der Waals surface area contributed by atoms with Crippen LogP contribution in [-0.2, 0) is 0 Å². The second-order valence-electron chi connectivity index (χ2n) is 5.56. The number of hydrogen-bond donors (Lipinski definition) is 0. The average molecular weight is 275 g/mol. The lowest BCUT2D eigenvalue weighted by molar-refractivity contribution is 0.261. The van der Waals surface area contributed by atoms with E-state index in [1.165, 1.54) is 63.6 Å². The Morgan fingerprint density at radius 2 is 1.15 bits per heavy atom. The van der Waals surface area contributed by atoms with Gasteiger partial charge in [0.2, 0.25) is 0 Å². The Kier molecular flexibility index (Phi) is 14.1. The van der Waals surface area contributed by atoms with E-state index in [1.807, 2.05) is 18.2 Å². The summed E-state index contributed by atoms with van der Waals surface area (Å²) in [5.41, 5.74) is 1.32. The third kappa shape index (κ3) is 12.3. The largest absolute Gasteiger partial charge is 0.303 e. The van der Waals surface area contributed by atoms with Gasteiger partial charge in [0.1, 0.15) is 7.85 Å². The van der Waals surface area contributed by atoms with Gasteiger partial charge in [0.25, 0.3) is 0 Å². The summed E-state index contributed by atoms with van der Waals surface area (Å²) in [6.45, 7) is 10.8. The molecule has 0 saturated carbocycles. The summed E-state index contributed by atoms with van der Waals surface area (Å²) in [7, 11) is 2.08. The number of hydrogen-bond acceptors (Lipinski definition) is 1. The first-order valence-corrected chi connectivity index (χ1v) is 8.48. The zero-order valence-corrected chi connectivity index (χ0v) is 14.2. The van der Waals surface area contributed by atoms with Gasteiger partial charge in [-0.25, -0.2) is 0 Å². The molecule has 0 saturated heterocycles. The Morgan fingerprint density at radius 3 is 1.40 bits per heavy atom. The van der Waals surface area contributed by atoms with Gasteiger partial charge in [0.15, 0.2) is 0 Å². The molecule has 20 heavy (non-hydrogen) atoms. The highest BCUT2D eigenvalue weighted by molar-refractivity contribution is 6.32. The van der Waals surface area contributed by atoms with Gasteiger partial charge in [-0.2, -0.15) is 0 Å². The summed E-state index contributed by atoms with van der Waals surface area (Å²) in [4.78, 5) is 2.64. The number of unbranched alkanes of at least 4 members (excludes halogenated alkanes) is 3. The Hall–Kier alpha value is -0.755. The van der Waals surface area contributed by atoms with Crippen molar-refractivity contribution in [2.75, 3.05) is 19.6 Å². The van der Waals surface area contributed by atoms with Crippen molar-refractivity contribution < 1.29 is 0 Å². The quantitative estimate of drug-likeness (QED) is 0.622. The van der Waals surface area contributed by atoms with Crippen molar-refractivity contribution in [3.05, 3.63) is 30.3 Å². The van der Waals surface area contributed by atoms with Crippen molar-refractivity contribution in [1.29, 1.82) is 0 Å². The van der Waals surface area contributed by atoms with Crippen LogP contribution in [0.5, 0.6) is 0 Å². The van der Waals surface area contributed by atoms with E-state index in [1.54, 1.807) is 0 Å². The third-order valence-corrected chi connectivity index (χ3v) is 3.42. The summed E-state index contributed by atoms with van der Waals surface area (Å²) >= 11 is 0. The topological polar surface area (TPSA) is 3.24 Å². The molecule has 1 aromatic carbocycles. The van der Waals surface area contributed by atoms with E-state index in [-0.39, 0.29) is 0 Å². The Labute approximate surface area is 128 Å². The molecule has 1 aromatic rings. The lowest BCUT2D eigenvalue weighted by Crippen LogP contribution is -2.27. The zero-order chi connectivity index (χ0) is 15.1. The molecule has 0 fully saturated rings. The molecule has 2 heteroatoms. The maximum absolute atomic E-state index is 2.64. The second-order valence-corrected chi connectivity index (χ2v) is 5.56. The van der Waals surface area contributed by atoms with Crippen molar-refractivity contribution in [1.82, 2.24) is 4.90 Å². The lowest BCUT2D eigenvalue weighted by Gasteiger charge is -2.21. The van der Waals surface area contributed by atoms with Crippen molar-refractivity contribution >= 4 is 13.3 Å². The van der Waals surface area contributed by atoms with Crippen molar-refractivity contribution in [3.63, 3.8) is 0 Å². The molecule has 1 nitrogen and oxygen atoms in total. The fourth-order valence-corrected chi connectivity index (χ4v) is 2.01. The predicted octanol–water partition coefficient (Wildman–Crippen LogP) is 3.63. The molecule has 0 radical (unpaired) electrons. The molecule has 0 amide bonds. The van der Waals surface area contributed by atoms with Crippen molar-refractivity contribution in [3.8, 4) is 0 Å². The Balaban J connectivity index is 0.000000428. The van der Waals surface area contributed by atoms with Gasteiger partial charge < -0.3 is 4.90 Å². The molecule has 0 unspecified atom stereocenters. The SMILES string of the molecule is Bc1ccccc1.CCCCN(CCCC)CCCC. The Bertz CT molecular complexity index is 268.